The van der Waals surface area contributed by atoms with E-state index >= 15 is 0 Å². The smallest absolute Gasteiger partial charge is 0.367 e. The highest BCUT2D eigenvalue weighted by atomic mass is 32.1. The van der Waals surface area contributed by atoms with Crippen molar-refractivity contribution in [3.05, 3.63) is 15.6 Å². The van der Waals surface area contributed by atoms with E-state index in [1.165, 1.54) is 11.3 Å². The summed E-state index contributed by atoms with van der Waals surface area (Å²) < 4.78 is 10.3. The van der Waals surface area contributed by atoms with E-state index in [2.05, 4.69) is 10.3 Å². The number of fused-ring (bicyclic) bond motifs is 1. The van der Waals surface area contributed by atoms with Gasteiger partial charge in [-0.25, -0.2) is 9.78 Å². The molecule has 1 aromatic rings. The summed E-state index contributed by atoms with van der Waals surface area (Å²) in [5, 5.41) is 3.47. The lowest BCUT2D eigenvalue weighted by atomic mass is 10.1. The second-order valence-electron chi connectivity index (χ2n) is 5.78. The molecule has 1 aliphatic heterocycles. The molecule has 0 aromatic carbocycles. The summed E-state index contributed by atoms with van der Waals surface area (Å²) in [7, 11) is 0. The Bertz CT molecular complexity index is 548. The van der Waals surface area contributed by atoms with Crippen LogP contribution in [0.4, 0.5) is 0 Å². The predicted molar refractivity (Wildman–Crippen MR) is 78.2 cm³/mol. The van der Waals surface area contributed by atoms with Gasteiger partial charge in [0.25, 0.3) is 0 Å². The third-order valence-corrected chi connectivity index (χ3v) is 3.90. The Morgan fingerprint density at radius 1 is 1.43 bits per heavy atom. The van der Waals surface area contributed by atoms with E-state index in [1.54, 1.807) is 6.92 Å². The molecule has 116 valence electrons. The Balaban J connectivity index is 2.07. The zero-order chi connectivity index (χ0) is 15.6. The predicted octanol–water partition coefficient (Wildman–Crippen LogP) is 1.68. The summed E-state index contributed by atoms with van der Waals surface area (Å²) >= 11 is 1.31. The molecular formula is C14H20N2O4S. The fraction of sp³-hybridized carbons (Fsp3) is 0.643. The van der Waals surface area contributed by atoms with Crippen molar-refractivity contribution in [1.82, 2.24) is 10.3 Å². The second kappa shape index (κ2) is 6.11. The van der Waals surface area contributed by atoms with Crippen LogP contribution in [0.15, 0.2) is 0 Å². The highest BCUT2D eigenvalue weighted by Crippen LogP contribution is 2.25. The van der Waals surface area contributed by atoms with Crippen molar-refractivity contribution < 1.29 is 19.1 Å². The van der Waals surface area contributed by atoms with Crippen LogP contribution in [0.3, 0.4) is 0 Å². The van der Waals surface area contributed by atoms with Crippen LogP contribution in [0, 0.1) is 0 Å². The number of rotatable bonds is 3. The number of esters is 2. The maximum absolute atomic E-state index is 12.1. The first kappa shape index (κ1) is 15.9. The number of carbonyl (C=O) groups is 2. The fourth-order valence-electron chi connectivity index (χ4n) is 1.98. The van der Waals surface area contributed by atoms with Gasteiger partial charge in [0.15, 0.2) is 0 Å². The molecule has 7 heteroatoms. The topological polar surface area (TPSA) is 77.5 Å². The van der Waals surface area contributed by atoms with Crippen LogP contribution < -0.4 is 5.32 Å². The lowest BCUT2D eigenvalue weighted by Crippen LogP contribution is -2.44. The van der Waals surface area contributed by atoms with E-state index < -0.39 is 17.6 Å². The Kier molecular flexibility index (Phi) is 4.63. The normalized spacial score (nSPS) is 18.0. The van der Waals surface area contributed by atoms with Gasteiger partial charge in [0.1, 0.15) is 11.6 Å². The molecule has 0 fully saturated rings. The molecule has 0 radical (unpaired) electrons. The van der Waals surface area contributed by atoms with E-state index in [0.717, 1.165) is 10.6 Å². The van der Waals surface area contributed by atoms with Crippen LogP contribution in [-0.2, 0) is 27.2 Å². The lowest BCUT2D eigenvalue weighted by molar-refractivity contribution is -0.157. The summed E-state index contributed by atoms with van der Waals surface area (Å²) in [5.74, 6) is -0.704. The van der Waals surface area contributed by atoms with E-state index in [1.807, 2.05) is 20.8 Å². The average molecular weight is 312 g/mol. The van der Waals surface area contributed by atoms with Crippen molar-refractivity contribution >= 4 is 23.3 Å². The van der Waals surface area contributed by atoms with Crippen molar-refractivity contribution in [3.63, 3.8) is 0 Å². The number of hydrogen-bond donors (Lipinski definition) is 1. The second-order valence-corrected chi connectivity index (χ2v) is 6.86. The van der Waals surface area contributed by atoms with Gasteiger partial charge in [-0.3, -0.25) is 10.1 Å². The molecule has 6 nitrogen and oxygen atoms in total. The SMILES string of the molecule is CCOC(=O)c1nc2c(s1)CNC(C(=O)OC(C)(C)C)C2. The van der Waals surface area contributed by atoms with Crippen molar-refractivity contribution in [2.45, 2.75) is 52.3 Å². The lowest BCUT2D eigenvalue weighted by Gasteiger charge is -2.26. The van der Waals surface area contributed by atoms with Gasteiger partial charge >= 0.3 is 11.9 Å². The largest absolute Gasteiger partial charge is 0.461 e. The molecule has 0 amide bonds. The van der Waals surface area contributed by atoms with Gasteiger partial charge < -0.3 is 9.47 Å². The Morgan fingerprint density at radius 3 is 2.76 bits per heavy atom. The molecule has 2 rings (SSSR count). The van der Waals surface area contributed by atoms with Crippen molar-refractivity contribution in [2.75, 3.05) is 6.61 Å². The third-order valence-electron chi connectivity index (χ3n) is 2.83. The first-order valence-corrected chi connectivity index (χ1v) is 7.73. The van der Waals surface area contributed by atoms with Crippen LogP contribution in [0.2, 0.25) is 0 Å². The molecule has 1 unspecified atom stereocenters. The Hall–Kier alpha value is -1.47. The first-order valence-electron chi connectivity index (χ1n) is 6.92. The van der Waals surface area contributed by atoms with Gasteiger partial charge in [-0.05, 0) is 27.7 Å². The molecule has 0 bridgehead atoms. The number of ether oxygens (including phenoxy) is 2. The maximum atomic E-state index is 12.1. The summed E-state index contributed by atoms with van der Waals surface area (Å²) in [6.45, 7) is 8.09. The minimum Gasteiger partial charge on any atom is -0.461 e. The van der Waals surface area contributed by atoms with Gasteiger partial charge in [0, 0.05) is 17.8 Å². The van der Waals surface area contributed by atoms with Crippen LogP contribution in [-0.4, -0.2) is 35.2 Å². The number of thiazole rings is 1. The van der Waals surface area contributed by atoms with Crippen LogP contribution in [0.5, 0.6) is 0 Å². The van der Waals surface area contributed by atoms with Gasteiger partial charge in [-0.1, -0.05) is 0 Å². The first-order chi connectivity index (χ1) is 9.80. The molecule has 0 saturated heterocycles. The molecule has 1 aromatic heterocycles. The molecule has 1 aliphatic rings. The molecule has 0 spiro atoms. The molecule has 0 saturated carbocycles. The number of nitrogens with zero attached hydrogens (tertiary/aromatic N) is 1. The molecule has 0 aliphatic carbocycles. The summed E-state index contributed by atoms with van der Waals surface area (Å²) in [5.41, 5.74) is 0.259. The summed E-state index contributed by atoms with van der Waals surface area (Å²) in [6.07, 6.45) is 0.431. The third kappa shape index (κ3) is 4.01. The molecule has 1 atom stereocenters. The Labute approximate surface area is 127 Å². The minimum atomic E-state index is -0.517. The number of aromatic nitrogens is 1. The zero-order valence-electron chi connectivity index (χ0n) is 12.7. The average Bonchev–Trinajstić information content (AvgIpc) is 2.79. The zero-order valence-corrected chi connectivity index (χ0v) is 13.5. The number of nitrogens with one attached hydrogen (secondary N) is 1. The van der Waals surface area contributed by atoms with E-state index in [-0.39, 0.29) is 5.97 Å². The summed E-state index contributed by atoms with van der Waals surface area (Å²) in [4.78, 5) is 29.0. The van der Waals surface area contributed by atoms with Crippen LogP contribution in [0.25, 0.3) is 0 Å². The van der Waals surface area contributed by atoms with Crippen molar-refractivity contribution in [3.8, 4) is 0 Å². The fourth-order valence-corrected chi connectivity index (χ4v) is 2.92. The van der Waals surface area contributed by atoms with E-state index in [9.17, 15) is 9.59 Å². The highest BCUT2D eigenvalue weighted by Gasteiger charge is 2.31. The van der Waals surface area contributed by atoms with Crippen LogP contribution >= 0.6 is 11.3 Å². The minimum absolute atomic E-state index is 0.293. The quantitative estimate of drug-likeness (QED) is 0.856. The number of carbonyl (C=O) groups excluding carboxylic acids is 2. The Morgan fingerprint density at radius 2 is 2.14 bits per heavy atom. The highest BCUT2D eigenvalue weighted by molar-refractivity contribution is 7.13. The number of hydrogen-bond acceptors (Lipinski definition) is 7. The molecule has 2 heterocycles. The van der Waals surface area contributed by atoms with E-state index in [4.69, 9.17) is 9.47 Å². The standard InChI is InChI=1S/C14H20N2O4S/c1-5-19-13(18)11-16-8-6-9(15-7-10(8)21-11)12(17)20-14(2,3)4/h9,15H,5-7H2,1-4H3. The molecular weight excluding hydrogens is 292 g/mol. The van der Waals surface area contributed by atoms with E-state index in [0.29, 0.717) is 24.6 Å². The monoisotopic (exact) mass is 312 g/mol. The van der Waals surface area contributed by atoms with Gasteiger partial charge in [0.2, 0.25) is 5.01 Å². The van der Waals surface area contributed by atoms with Crippen molar-refractivity contribution in [2.24, 2.45) is 0 Å². The maximum Gasteiger partial charge on any atom is 0.367 e. The molecule has 1 N–H and O–H groups in total. The van der Waals surface area contributed by atoms with Crippen molar-refractivity contribution in [1.29, 1.82) is 0 Å². The van der Waals surface area contributed by atoms with Crippen LogP contribution in [0.1, 0.15) is 48.1 Å². The van der Waals surface area contributed by atoms with Gasteiger partial charge in [-0.15, -0.1) is 11.3 Å². The van der Waals surface area contributed by atoms with Gasteiger partial charge in [-0.2, -0.15) is 0 Å². The molecule has 21 heavy (non-hydrogen) atoms. The summed E-state index contributed by atoms with van der Waals surface area (Å²) in [6, 6.07) is -0.422. The van der Waals surface area contributed by atoms with Gasteiger partial charge in [0.05, 0.1) is 12.3 Å².